The molecule has 0 aliphatic heterocycles. The fourth-order valence-electron chi connectivity index (χ4n) is 2.32. The molecule has 112 valence electrons. The molecule has 20 heavy (non-hydrogen) atoms. The second kappa shape index (κ2) is 4.96. The van der Waals surface area contributed by atoms with Gasteiger partial charge in [0.05, 0.1) is 10.6 Å². The third-order valence-electron chi connectivity index (χ3n) is 4.10. The molecule has 1 aromatic rings. The zero-order valence-corrected chi connectivity index (χ0v) is 12.1. The molecule has 1 aliphatic rings. The first kappa shape index (κ1) is 15.2. The van der Waals surface area contributed by atoms with Crippen molar-refractivity contribution in [1.29, 1.82) is 0 Å². The Bertz CT molecular complexity index is 602. The summed E-state index contributed by atoms with van der Waals surface area (Å²) < 4.78 is 48.7. The lowest BCUT2D eigenvalue weighted by Gasteiger charge is -2.51. The molecule has 3 N–H and O–H groups in total. The van der Waals surface area contributed by atoms with Crippen molar-refractivity contribution in [1.82, 2.24) is 0 Å². The Morgan fingerprint density at radius 2 is 1.95 bits per heavy atom. The molecule has 1 fully saturated rings. The number of sulfone groups is 1. The van der Waals surface area contributed by atoms with Crippen molar-refractivity contribution in [3.05, 3.63) is 24.3 Å². The first-order valence-electron chi connectivity index (χ1n) is 6.30. The van der Waals surface area contributed by atoms with Gasteiger partial charge in [0.25, 0.3) is 0 Å². The maximum atomic E-state index is 12.7. The normalized spacial score (nSPS) is 25.3. The van der Waals surface area contributed by atoms with Gasteiger partial charge in [0, 0.05) is 17.5 Å². The minimum absolute atomic E-state index is 0.0128. The average Bonchev–Trinajstić information content (AvgIpc) is 2.38. The molecule has 0 saturated heterocycles. The van der Waals surface area contributed by atoms with Gasteiger partial charge in [-0.15, -0.1) is 0 Å². The second-order valence-corrected chi connectivity index (χ2v) is 7.55. The van der Waals surface area contributed by atoms with Crippen molar-refractivity contribution in [2.45, 2.75) is 43.0 Å². The molecule has 1 aliphatic carbocycles. The van der Waals surface area contributed by atoms with Crippen LogP contribution in [0.1, 0.15) is 20.3 Å². The van der Waals surface area contributed by atoms with E-state index >= 15 is 0 Å². The van der Waals surface area contributed by atoms with E-state index in [0.29, 0.717) is 6.42 Å². The SMILES string of the molecule is CC1(C)C(N)CC1Nc1ccccc1S(=O)(=O)C(F)F. The Morgan fingerprint density at radius 3 is 2.45 bits per heavy atom. The van der Waals surface area contributed by atoms with Gasteiger partial charge in [-0.2, -0.15) is 8.78 Å². The number of rotatable bonds is 4. The molecule has 4 nitrogen and oxygen atoms in total. The Kier molecular flexibility index (Phi) is 3.77. The lowest BCUT2D eigenvalue weighted by Crippen LogP contribution is -2.61. The second-order valence-electron chi connectivity index (χ2n) is 5.66. The van der Waals surface area contributed by atoms with E-state index in [1.54, 1.807) is 6.07 Å². The first-order valence-corrected chi connectivity index (χ1v) is 7.85. The third-order valence-corrected chi connectivity index (χ3v) is 5.54. The Hall–Kier alpha value is -1.21. The van der Waals surface area contributed by atoms with Crippen molar-refractivity contribution < 1.29 is 17.2 Å². The Balaban J connectivity index is 2.31. The van der Waals surface area contributed by atoms with Crippen LogP contribution in [0.15, 0.2) is 29.2 Å². The highest BCUT2D eigenvalue weighted by Crippen LogP contribution is 2.41. The number of benzene rings is 1. The average molecular weight is 304 g/mol. The number of nitrogens with one attached hydrogen (secondary N) is 1. The van der Waals surface area contributed by atoms with Crippen LogP contribution in [0, 0.1) is 5.41 Å². The predicted octanol–water partition coefficient (Wildman–Crippen LogP) is 2.22. The van der Waals surface area contributed by atoms with Gasteiger partial charge < -0.3 is 11.1 Å². The minimum Gasteiger partial charge on any atom is -0.381 e. The van der Waals surface area contributed by atoms with Crippen LogP contribution < -0.4 is 11.1 Å². The highest BCUT2D eigenvalue weighted by atomic mass is 32.2. The van der Waals surface area contributed by atoms with Crippen LogP contribution in [0.25, 0.3) is 0 Å². The molecule has 2 unspecified atom stereocenters. The summed E-state index contributed by atoms with van der Waals surface area (Å²) in [5.41, 5.74) is 5.89. The van der Waals surface area contributed by atoms with Gasteiger partial charge >= 0.3 is 5.76 Å². The van der Waals surface area contributed by atoms with Gasteiger partial charge in [0.2, 0.25) is 9.84 Å². The summed E-state index contributed by atoms with van der Waals surface area (Å²) in [6.07, 6.45) is 0.677. The van der Waals surface area contributed by atoms with Gasteiger partial charge in [-0.25, -0.2) is 8.42 Å². The summed E-state index contributed by atoms with van der Waals surface area (Å²) >= 11 is 0. The summed E-state index contributed by atoms with van der Waals surface area (Å²) in [6.45, 7) is 3.92. The van der Waals surface area contributed by atoms with E-state index in [-0.39, 0.29) is 28.1 Å². The highest BCUT2D eigenvalue weighted by molar-refractivity contribution is 7.91. The summed E-state index contributed by atoms with van der Waals surface area (Å²) in [5, 5.41) is 3.04. The number of halogens is 2. The number of para-hydroxylation sites is 1. The number of alkyl halides is 2. The van der Waals surface area contributed by atoms with Crippen molar-refractivity contribution in [3.63, 3.8) is 0 Å². The van der Waals surface area contributed by atoms with Crippen LogP contribution in [0.5, 0.6) is 0 Å². The topological polar surface area (TPSA) is 72.2 Å². The van der Waals surface area contributed by atoms with Gasteiger partial charge in [0.1, 0.15) is 0 Å². The van der Waals surface area contributed by atoms with Gasteiger partial charge in [-0.05, 0) is 18.6 Å². The molecular weight excluding hydrogens is 286 g/mol. The van der Waals surface area contributed by atoms with Crippen LogP contribution in [0.2, 0.25) is 0 Å². The van der Waals surface area contributed by atoms with E-state index in [2.05, 4.69) is 5.32 Å². The minimum atomic E-state index is -4.62. The van der Waals surface area contributed by atoms with Crippen LogP contribution >= 0.6 is 0 Å². The zero-order chi connectivity index (χ0) is 15.1. The molecule has 0 bridgehead atoms. The zero-order valence-electron chi connectivity index (χ0n) is 11.3. The first-order chi connectivity index (χ1) is 9.17. The van der Waals surface area contributed by atoms with E-state index in [1.807, 2.05) is 13.8 Å². The number of hydrogen-bond donors (Lipinski definition) is 2. The van der Waals surface area contributed by atoms with Crippen molar-refractivity contribution in [2.75, 3.05) is 5.32 Å². The lowest BCUT2D eigenvalue weighted by molar-refractivity contribution is 0.117. The fourth-order valence-corrected chi connectivity index (χ4v) is 3.22. The smallest absolute Gasteiger partial charge is 0.341 e. The molecule has 1 aromatic carbocycles. The molecule has 0 radical (unpaired) electrons. The van der Waals surface area contributed by atoms with E-state index in [1.165, 1.54) is 18.2 Å². The summed E-state index contributed by atoms with van der Waals surface area (Å²) in [4.78, 5) is -0.369. The monoisotopic (exact) mass is 304 g/mol. The maximum Gasteiger partial charge on any atom is 0.341 e. The molecule has 2 atom stereocenters. The van der Waals surface area contributed by atoms with E-state index in [0.717, 1.165) is 0 Å². The molecule has 0 spiro atoms. The predicted molar refractivity (Wildman–Crippen MR) is 73.4 cm³/mol. The van der Waals surface area contributed by atoms with E-state index in [4.69, 9.17) is 5.73 Å². The van der Waals surface area contributed by atoms with E-state index in [9.17, 15) is 17.2 Å². The van der Waals surface area contributed by atoms with Crippen LogP contribution in [-0.4, -0.2) is 26.3 Å². The van der Waals surface area contributed by atoms with Gasteiger partial charge in [-0.1, -0.05) is 26.0 Å². The van der Waals surface area contributed by atoms with Crippen molar-refractivity contribution in [3.8, 4) is 0 Å². The third kappa shape index (κ3) is 2.40. The summed E-state index contributed by atoms with van der Waals surface area (Å²) in [5.74, 6) is -3.43. The molecule has 7 heteroatoms. The van der Waals surface area contributed by atoms with Crippen molar-refractivity contribution >= 4 is 15.5 Å². The highest BCUT2D eigenvalue weighted by Gasteiger charge is 2.46. The maximum absolute atomic E-state index is 12.7. The largest absolute Gasteiger partial charge is 0.381 e. The molecule has 0 amide bonds. The summed E-state index contributed by atoms with van der Waals surface area (Å²) in [7, 11) is -4.62. The van der Waals surface area contributed by atoms with Crippen LogP contribution in [0.4, 0.5) is 14.5 Å². The van der Waals surface area contributed by atoms with Crippen molar-refractivity contribution in [2.24, 2.45) is 11.1 Å². The molecule has 1 saturated carbocycles. The molecule has 2 rings (SSSR count). The molecule has 0 aromatic heterocycles. The van der Waals surface area contributed by atoms with Crippen LogP contribution in [0.3, 0.4) is 0 Å². The standard InChI is InChI=1S/C13H18F2N2O2S/c1-13(2)10(16)7-11(13)17-8-5-3-4-6-9(8)20(18,19)12(14)15/h3-6,10-12,17H,7,16H2,1-2H3. The number of hydrogen-bond acceptors (Lipinski definition) is 4. The Morgan fingerprint density at radius 1 is 1.35 bits per heavy atom. The van der Waals surface area contributed by atoms with Crippen LogP contribution in [-0.2, 0) is 9.84 Å². The quantitative estimate of drug-likeness (QED) is 0.894. The lowest BCUT2D eigenvalue weighted by atomic mass is 9.63. The Labute approximate surface area is 117 Å². The molecular formula is C13H18F2N2O2S. The number of nitrogens with two attached hydrogens (primary N) is 1. The van der Waals surface area contributed by atoms with E-state index < -0.39 is 15.6 Å². The summed E-state index contributed by atoms with van der Waals surface area (Å²) in [6, 6.07) is 5.70. The number of anilines is 1. The van der Waals surface area contributed by atoms with Gasteiger partial charge in [-0.3, -0.25) is 0 Å². The fraction of sp³-hybridized carbons (Fsp3) is 0.538. The van der Waals surface area contributed by atoms with Gasteiger partial charge in [0.15, 0.2) is 0 Å². The molecule has 0 heterocycles.